The van der Waals surface area contributed by atoms with E-state index in [1.54, 1.807) is 41.3 Å². The molecule has 0 fully saturated rings. The molecule has 3 rings (SSSR count). The van der Waals surface area contributed by atoms with E-state index in [-0.39, 0.29) is 24.7 Å². The fourth-order valence-electron chi connectivity index (χ4n) is 3.96. The molecule has 0 aliphatic carbocycles. The number of ether oxygens (including phenoxy) is 1. The minimum atomic E-state index is -1.07. The number of hydrogen-bond acceptors (Lipinski definition) is 4. The number of aryl methyl sites for hydroxylation is 1. The molecular weight excluding hydrogens is 470 g/mol. The van der Waals surface area contributed by atoms with Gasteiger partial charge in [-0.25, -0.2) is 0 Å². The summed E-state index contributed by atoms with van der Waals surface area (Å²) in [7, 11) is 1.53. The predicted octanol–water partition coefficient (Wildman–Crippen LogP) is 4.65. The average Bonchev–Trinajstić information content (AvgIpc) is 3.19. The number of carbonyl (C=O) groups excluding carboxylic acids is 2. The third-order valence-corrected chi connectivity index (χ3v) is 6.18. The van der Waals surface area contributed by atoms with Crippen LogP contribution in [0.1, 0.15) is 42.2 Å². The molecule has 0 spiro atoms. The van der Waals surface area contributed by atoms with Gasteiger partial charge in [-0.15, -0.1) is 0 Å². The van der Waals surface area contributed by atoms with Crippen LogP contribution in [0.15, 0.2) is 42.5 Å². The normalized spacial score (nSPS) is 10.9. The Kier molecular flexibility index (Phi) is 8.76. The maximum atomic E-state index is 13.3. The summed E-state index contributed by atoms with van der Waals surface area (Å²) in [6.07, 6.45) is 2.70. The smallest absolute Gasteiger partial charge is 0.323 e. The summed E-state index contributed by atoms with van der Waals surface area (Å²) in [5.74, 6) is -1.40. The van der Waals surface area contributed by atoms with E-state index < -0.39 is 11.9 Å². The summed E-state index contributed by atoms with van der Waals surface area (Å²) >= 11 is 6.34. The number of fused-ring (bicyclic) bond motifs is 1. The number of hydrogen-bond donors (Lipinski definition) is 2. The minimum Gasteiger partial charge on any atom is -0.495 e. The molecule has 0 unspecified atom stereocenters. The Hall–Kier alpha value is -3.52. The zero-order valence-corrected chi connectivity index (χ0v) is 20.9. The standard InChI is InChI=1S/C26H30ClN3O5/c1-4-5-8-11-29(21-14-19(27)17(2)12-23(21)35-3)24(31)15-28-26(34)22-13-18-9-6-7-10-20(18)30(22)16-25(32)33/h6-7,9-10,12-14H,4-5,8,11,15-16H2,1-3H3,(H,28,34)(H,32,33). The van der Waals surface area contributed by atoms with Crippen LogP contribution in [0.25, 0.3) is 10.9 Å². The monoisotopic (exact) mass is 499 g/mol. The van der Waals surface area contributed by atoms with Crippen LogP contribution in [0.5, 0.6) is 5.75 Å². The number of unbranched alkanes of at least 4 members (excludes halogenated alkanes) is 2. The van der Waals surface area contributed by atoms with Gasteiger partial charge in [0.2, 0.25) is 5.91 Å². The summed E-state index contributed by atoms with van der Waals surface area (Å²) in [5.41, 5.74) is 2.17. The molecule has 0 aliphatic heterocycles. The van der Waals surface area contributed by atoms with E-state index in [2.05, 4.69) is 12.2 Å². The highest BCUT2D eigenvalue weighted by Crippen LogP contribution is 2.34. The molecule has 186 valence electrons. The van der Waals surface area contributed by atoms with Crippen LogP contribution in [0.3, 0.4) is 0 Å². The number of nitrogens with zero attached hydrogens (tertiary/aromatic N) is 2. The van der Waals surface area contributed by atoms with E-state index in [0.29, 0.717) is 28.5 Å². The zero-order valence-electron chi connectivity index (χ0n) is 20.1. The first-order valence-corrected chi connectivity index (χ1v) is 11.9. The van der Waals surface area contributed by atoms with E-state index in [1.165, 1.54) is 11.7 Å². The second-order valence-electron chi connectivity index (χ2n) is 8.28. The maximum Gasteiger partial charge on any atom is 0.323 e. The Bertz CT molecular complexity index is 1240. The third-order valence-electron chi connectivity index (χ3n) is 5.77. The Morgan fingerprint density at radius 1 is 1.14 bits per heavy atom. The van der Waals surface area contributed by atoms with Gasteiger partial charge in [-0.1, -0.05) is 49.6 Å². The van der Waals surface area contributed by atoms with Crippen molar-refractivity contribution in [2.75, 3.05) is 25.1 Å². The fraction of sp³-hybridized carbons (Fsp3) is 0.346. The highest BCUT2D eigenvalue weighted by atomic mass is 35.5. The van der Waals surface area contributed by atoms with Crippen molar-refractivity contribution >= 4 is 46.0 Å². The highest BCUT2D eigenvalue weighted by Gasteiger charge is 2.23. The quantitative estimate of drug-likeness (QED) is 0.374. The molecule has 1 aromatic heterocycles. The van der Waals surface area contributed by atoms with E-state index >= 15 is 0 Å². The van der Waals surface area contributed by atoms with Gasteiger partial charge in [0.25, 0.3) is 5.91 Å². The number of methoxy groups -OCH3 is 1. The van der Waals surface area contributed by atoms with Crippen molar-refractivity contribution in [1.82, 2.24) is 9.88 Å². The molecule has 2 amide bonds. The lowest BCUT2D eigenvalue weighted by Crippen LogP contribution is -2.41. The Labute approximate surface area is 209 Å². The second kappa shape index (κ2) is 11.8. The molecule has 0 saturated carbocycles. The molecule has 9 heteroatoms. The number of carbonyl (C=O) groups is 3. The lowest BCUT2D eigenvalue weighted by Gasteiger charge is -2.25. The number of carboxylic acids is 1. The van der Waals surface area contributed by atoms with E-state index in [4.69, 9.17) is 16.3 Å². The number of amides is 2. The summed E-state index contributed by atoms with van der Waals surface area (Å²) in [5, 5.41) is 13.2. The first-order valence-electron chi connectivity index (χ1n) is 11.5. The molecular formula is C26H30ClN3O5. The molecule has 35 heavy (non-hydrogen) atoms. The van der Waals surface area contributed by atoms with Gasteiger partial charge in [-0.05, 0) is 43.2 Å². The molecule has 1 heterocycles. The van der Waals surface area contributed by atoms with Gasteiger partial charge in [0.05, 0.1) is 19.3 Å². The number of nitrogens with one attached hydrogen (secondary N) is 1. The molecule has 0 saturated heterocycles. The summed E-state index contributed by atoms with van der Waals surface area (Å²) < 4.78 is 6.93. The average molecular weight is 500 g/mol. The number of benzene rings is 2. The van der Waals surface area contributed by atoms with Crippen LogP contribution in [0, 0.1) is 6.92 Å². The van der Waals surface area contributed by atoms with Crippen molar-refractivity contribution in [1.29, 1.82) is 0 Å². The lowest BCUT2D eigenvalue weighted by molar-refractivity contribution is -0.137. The molecule has 0 radical (unpaired) electrons. The van der Waals surface area contributed by atoms with Crippen LogP contribution in [0.4, 0.5) is 5.69 Å². The van der Waals surface area contributed by atoms with Crippen LogP contribution < -0.4 is 15.0 Å². The van der Waals surface area contributed by atoms with Crippen LogP contribution >= 0.6 is 11.6 Å². The van der Waals surface area contributed by atoms with Crippen molar-refractivity contribution in [2.45, 2.75) is 39.7 Å². The van der Waals surface area contributed by atoms with Gasteiger partial charge in [0, 0.05) is 22.5 Å². The maximum absolute atomic E-state index is 13.3. The van der Waals surface area contributed by atoms with Gasteiger partial charge in [0.15, 0.2) is 0 Å². The van der Waals surface area contributed by atoms with Crippen molar-refractivity contribution < 1.29 is 24.2 Å². The van der Waals surface area contributed by atoms with E-state index in [9.17, 15) is 19.5 Å². The van der Waals surface area contributed by atoms with Crippen LogP contribution in [-0.4, -0.2) is 47.7 Å². The number of aliphatic carboxylic acids is 1. The Morgan fingerprint density at radius 2 is 1.89 bits per heavy atom. The third kappa shape index (κ3) is 6.14. The second-order valence-corrected chi connectivity index (χ2v) is 8.68. The number of halogens is 1. The predicted molar refractivity (Wildman–Crippen MR) is 137 cm³/mol. The molecule has 3 aromatic rings. The highest BCUT2D eigenvalue weighted by molar-refractivity contribution is 6.31. The zero-order chi connectivity index (χ0) is 25.5. The molecule has 0 bridgehead atoms. The molecule has 2 aromatic carbocycles. The number of carboxylic acid groups (broad SMARTS) is 1. The first kappa shape index (κ1) is 26.1. The number of aromatic nitrogens is 1. The van der Waals surface area contributed by atoms with E-state index in [0.717, 1.165) is 30.2 Å². The van der Waals surface area contributed by atoms with Gasteiger partial charge in [0.1, 0.15) is 18.0 Å². The Morgan fingerprint density at radius 3 is 2.57 bits per heavy atom. The topological polar surface area (TPSA) is 101 Å². The van der Waals surface area contributed by atoms with E-state index in [1.807, 2.05) is 13.0 Å². The summed E-state index contributed by atoms with van der Waals surface area (Å²) in [6, 6.07) is 12.3. The Balaban J connectivity index is 1.84. The van der Waals surface area contributed by atoms with Crippen molar-refractivity contribution in [2.24, 2.45) is 0 Å². The van der Waals surface area contributed by atoms with Gasteiger partial charge in [-0.2, -0.15) is 0 Å². The number of anilines is 1. The molecule has 2 N–H and O–H groups in total. The van der Waals surface area contributed by atoms with Crippen LogP contribution in [-0.2, 0) is 16.1 Å². The van der Waals surface area contributed by atoms with Gasteiger partial charge >= 0.3 is 5.97 Å². The van der Waals surface area contributed by atoms with Crippen LogP contribution in [0.2, 0.25) is 5.02 Å². The first-order chi connectivity index (χ1) is 16.8. The van der Waals surface area contributed by atoms with Crippen molar-refractivity contribution in [3.05, 3.63) is 58.7 Å². The fourth-order valence-corrected chi connectivity index (χ4v) is 4.12. The number of rotatable bonds is 11. The van der Waals surface area contributed by atoms with Crippen molar-refractivity contribution in [3.63, 3.8) is 0 Å². The van der Waals surface area contributed by atoms with Gasteiger partial charge in [-0.3, -0.25) is 14.4 Å². The minimum absolute atomic E-state index is 0.176. The molecule has 0 aliphatic rings. The molecule has 0 atom stereocenters. The number of para-hydroxylation sites is 1. The van der Waals surface area contributed by atoms with Gasteiger partial charge < -0.3 is 24.6 Å². The van der Waals surface area contributed by atoms with Crippen molar-refractivity contribution in [3.8, 4) is 5.75 Å². The molecule has 8 nitrogen and oxygen atoms in total. The largest absolute Gasteiger partial charge is 0.495 e. The summed E-state index contributed by atoms with van der Waals surface area (Å²) in [6.45, 7) is 3.73. The lowest BCUT2D eigenvalue weighted by atomic mass is 10.1. The SMILES string of the molecule is CCCCCN(C(=O)CNC(=O)c1cc2ccccc2n1CC(=O)O)c1cc(Cl)c(C)cc1OC. The summed E-state index contributed by atoms with van der Waals surface area (Å²) in [4.78, 5) is 39.3.